The van der Waals surface area contributed by atoms with Crippen molar-refractivity contribution in [2.75, 3.05) is 24.9 Å². The number of nitrogens with one attached hydrogen (secondary N) is 2. The highest BCUT2D eigenvalue weighted by Crippen LogP contribution is 2.36. The highest BCUT2D eigenvalue weighted by Gasteiger charge is 2.34. The van der Waals surface area contributed by atoms with Crippen molar-refractivity contribution in [3.05, 3.63) is 65.1 Å². The number of nitrogens with zero attached hydrogens (tertiary/aromatic N) is 4. The van der Waals surface area contributed by atoms with E-state index in [4.69, 9.17) is 9.47 Å². The fourth-order valence-corrected chi connectivity index (χ4v) is 3.36. The lowest BCUT2D eigenvalue weighted by atomic mass is 9.95. The second kappa shape index (κ2) is 7.82. The van der Waals surface area contributed by atoms with Crippen molar-refractivity contribution in [3.63, 3.8) is 0 Å². The van der Waals surface area contributed by atoms with E-state index >= 15 is 0 Å². The summed E-state index contributed by atoms with van der Waals surface area (Å²) in [5.74, 6) is 0.667. The topological polar surface area (TPSA) is 103 Å². The molecule has 30 heavy (non-hydrogen) atoms. The van der Waals surface area contributed by atoms with E-state index in [0.717, 1.165) is 0 Å². The molecule has 0 saturated heterocycles. The Morgan fingerprint density at radius 2 is 1.93 bits per heavy atom. The summed E-state index contributed by atoms with van der Waals surface area (Å²) in [5.41, 5.74) is 2.06. The first-order valence-electron chi connectivity index (χ1n) is 9.06. The lowest BCUT2D eigenvalue weighted by Gasteiger charge is -2.28. The smallest absolute Gasteiger partial charge is 0.255 e. The van der Waals surface area contributed by atoms with E-state index in [-0.39, 0.29) is 11.7 Å². The molecule has 10 heteroatoms. The molecule has 1 aliphatic heterocycles. The monoisotopic (exact) mass is 410 g/mol. The van der Waals surface area contributed by atoms with Crippen LogP contribution in [-0.4, -0.2) is 40.3 Å². The van der Waals surface area contributed by atoms with E-state index < -0.39 is 6.04 Å². The van der Waals surface area contributed by atoms with Gasteiger partial charge in [-0.1, -0.05) is 17.2 Å². The minimum atomic E-state index is -0.645. The van der Waals surface area contributed by atoms with Crippen LogP contribution in [0.25, 0.3) is 0 Å². The third-order valence-electron chi connectivity index (χ3n) is 4.80. The standard InChI is InChI=1S/C20H19FN6O3/c1-11-17(19(28)23-15-10-14(29-2)8-9-16(15)30-3)18(12-4-6-13(21)7-5-12)27-20(22-11)24-25-26-27/h4-10,18H,1-3H3,(H,23,28)(H,22,24,26). The molecule has 0 aliphatic carbocycles. The number of aromatic nitrogens is 4. The van der Waals surface area contributed by atoms with Gasteiger partial charge in [-0.3, -0.25) is 4.79 Å². The third-order valence-corrected chi connectivity index (χ3v) is 4.80. The van der Waals surface area contributed by atoms with Crippen molar-refractivity contribution >= 4 is 17.5 Å². The van der Waals surface area contributed by atoms with Crippen LogP contribution < -0.4 is 20.1 Å². The molecule has 0 fully saturated rings. The Labute approximate surface area is 171 Å². The van der Waals surface area contributed by atoms with Crippen LogP contribution in [0.5, 0.6) is 11.5 Å². The van der Waals surface area contributed by atoms with E-state index in [2.05, 4.69) is 26.2 Å². The van der Waals surface area contributed by atoms with E-state index in [0.29, 0.717) is 40.0 Å². The van der Waals surface area contributed by atoms with Gasteiger partial charge < -0.3 is 20.1 Å². The highest BCUT2D eigenvalue weighted by molar-refractivity contribution is 6.06. The van der Waals surface area contributed by atoms with Crippen molar-refractivity contribution in [1.82, 2.24) is 20.2 Å². The number of carbonyl (C=O) groups excluding carboxylic acids is 1. The number of ether oxygens (including phenoxy) is 2. The van der Waals surface area contributed by atoms with E-state index in [9.17, 15) is 9.18 Å². The first-order valence-corrected chi connectivity index (χ1v) is 9.06. The van der Waals surface area contributed by atoms with Gasteiger partial charge in [0.1, 0.15) is 23.4 Å². The van der Waals surface area contributed by atoms with Crippen LogP contribution in [0.2, 0.25) is 0 Å². The van der Waals surface area contributed by atoms with Gasteiger partial charge in [-0.2, -0.15) is 4.68 Å². The number of fused-ring (bicyclic) bond motifs is 1. The highest BCUT2D eigenvalue weighted by atomic mass is 19.1. The zero-order valence-corrected chi connectivity index (χ0v) is 16.5. The molecule has 2 heterocycles. The van der Waals surface area contributed by atoms with Gasteiger partial charge in [0.05, 0.1) is 25.5 Å². The number of anilines is 2. The predicted molar refractivity (Wildman–Crippen MR) is 107 cm³/mol. The number of rotatable bonds is 5. The molecule has 4 rings (SSSR count). The van der Waals surface area contributed by atoms with Crippen LogP contribution in [0.1, 0.15) is 18.5 Å². The number of hydrogen-bond donors (Lipinski definition) is 2. The number of carbonyl (C=O) groups is 1. The summed E-state index contributed by atoms with van der Waals surface area (Å²) in [6.45, 7) is 1.76. The summed E-state index contributed by atoms with van der Waals surface area (Å²) in [7, 11) is 3.05. The SMILES string of the molecule is COc1ccc(OC)c(NC(=O)C2=C(C)Nc3nnnn3C2c2ccc(F)cc2)c1. The van der Waals surface area contributed by atoms with Crippen LogP contribution in [0, 0.1) is 5.82 Å². The van der Waals surface area contributed by atoms with E-state index in [1.807, 2.05) is 0 Å². The van der Waals surface area contributed by atoms with E-state index in [1.165, 1.54) is 31.0 Å². The molecule has 1 amide bonds. The summed E-state index contributed by atoms with van der Waals surface area (Å²) < 4.78 is 25.6. The molecule has 3 aromatic rings. The maximum absolute atomic E-state index is 13.5. The van der Waals surface area contributed by atoms with Crippen LogP contribution in [0.4, 0.5) is 16.0 Å². The van der Waals surface area contributed by atoms with Crippen molar-refractivity contribution < 1.29 is 18.7 Å². The molecule has 0 radical (unpaired) electrons. The average molecular weight is 410 g/mol. The number of hydrogen-bond acceptors (Lipinski definition) is 7. The van der Waals surface area contributed by atoms with Crippen LogP contribution in [0.15, 0.2) is 53.7 Å². The van der Waals surface area contributed by atoms with Gasteiger partial charge in [0.15, 0.2) is 0 Å². The Hall–Kier alpha value is -3.95. The minimum absolute atomic E-state index is 0.377. The zero-order chi connectivity index (χ0) is 21.3. The summed E-state index contributed by atoms with van der Waals surface area (Å²) in [6, 6.07) is 10.3. The number of allylic oxidation sites excluding steroid dienone is 1. The second-order valence-corrected chi connectivity index (χ2v) is 6.59. The number of halogens is 1. The summed E-state index contributed by atoms with van der Waals surface area (Å²) in [5, 5.41) is 17.6. The number of amides is 1. The molecule has 154 valence electrons. The summed E-state index contributed by atoms with van der Waals surface area (Å²) >= 11 is 0. The lowest BCUT2D eigenvalue weighted by Crippen LogP contribution is -2.31. The number of tetrazole rings is 1. The molecule has 1 atom stereocenters. The Kier molecular flexibility index (Phi) is 5.05. The van der Waals surface area contributed by atoms with Crippen molar-refractivity contribution in [3.8, 4) is 11.5 Å². The van der Waals surface area contributed by atoms with Gasteiger partial charge in [0, 0.05) is 11.8 Å². The molecule has 9 nitrogen and oxygen atoms in total. The number of benzene rings is 2. The largest absolute Gasteiger partial charge is 0.497 e. The quantitative estimate of drug-likeness (QED) is 0.667. The van der Waals surface area contributed by atoms with Crippen LogP contribution in [0.3, 0.4) is 0 Å². The normalized spacial score (nSPS) is 15.3. The molecule has 2 N–H and O–H groups in total. The summed E-state index contributed by atoms with van der Waals surface area (Å²) in [4.78, 5) is 13.4. The summed E-state index contributed by atoms with van der Waals surface area (Å²) in [6.07, 6.45) is 0. The van der Waals surface area contributed by atoms with Gasteiger partial charge >= 0.3 is 0 Å². The molecule has 0 saturated carbocycles. The van der Waals surface area contributed by atoms with Gasteiger partial charge in [-0.25, -0.2) is 4.39 Å². The maximum Gasteiger partial charge on any atom is 0.255 e. The number of methoxy groups -OCH3 is 2. The van der Waals surface area contributed by atoms with Gasteiger partial charge in [0.25, 0.3) is 5.91 Å². The average Bonchev–Trinajstić information content (AvgIpc) is 3.21. The van der Waals surface area contributed by atoms with Crippen LogP contribution in [-0.2, 0) is 4.79 Å². The Bertz CT molecular complexity index is 1130. The molecule has 2 aromatic carbocycles. The van der Waals surface area contributed by atoms with E-state index in [1.54, 1.807) is 37.3 Å². The van der Waals surface area contributed by atoms with Gasteiger partial charge in [-0.05, 0) is 47.2 Å². The van der Waals surface area contributed by atoms with Gasteiger partial charge in [0.2, 0.25) is 5.95 Å². The Balaban J connectivity index is 1.75. The fraction of sp³-hybridized carbons (Fsp3) is 0.200. The van der Waals surface area contributed by atoms with Crippen molar-refractivity contribution in [2.24, 2.45) is 0 Å². The first-order chi connectivity index (χ1) is 14.5. The maximum atomic E-state index is 13.5. The molecule has 1 aromatic heterocycles. The first kappa shape index (κ1) is 19.4. The Morgan fingerprint density at radius 1 is 1.17 bits per heavy atom. The molecule has 0 spiro atoms. The minimum Gasteiger partial charge on any atom is -0.497 e. The third kappa shape index (κ3) is 3.43. The van der Waals surface area contributed by atoms with Crippen molar-refractivity contribution in [1.29, 1.82) is 0 Å². The Morgan fingerprint density at radius 3 is 2.63 bits per heavy atom. The molecule has 1 aliphatic rings. The molecular formula is C20H19FN6O3. The predicted octanol–water partition coefficient (Wildman–Crippen LogP) is 2.76. The van der Waals surface area contributed by atoms with Crippen molar-refractivity contribution in [2.45, 2.75) is 13.0 Å². The van der Waals surface area contributed by atoms with Crippen LogP contribution >= 0.6 is 0 Å². The van der Waals surface area contributed by atoms with Gasteiger partial charge in [-0.15, -0.1) is 0 Å². The molecule has 0 bridgehead atoms. The zero-order valence-electron chi connectivity index (χ0n) is 16.5. The second-order valence-electron chi connectivity index (χ2n) is 6.59. The molecule has 1 unspecified atom stereocenters. The lowest BCUT2D eigenvalue weighted by molar-refractivity contribution is -0.113. The molecular weight excluding hydrogens is 391 g/mol. The fourth-order valence-electron chi connectivity index (χ4n) is 3.36.